The summed E-state index contributed by atoms with van der Waals surface area (Å²) < 4.78 is 12.7. The Bertz CT molecular complexity index is 687. The van der Waals surface area contributed by atoms with Crippen molar-refractivity contribution >= 4 is 29.2 Å². The zero-order chi connectivity index (χ0) is 15.1. The summed E-state index contributed by atoms with van der Waals surface area (Å²) in [6.45, 7) is 0. The van der Waals surface area contributed by atoms with E-state index in [0.717, 1.165) is 11.3 Å². The van der Waals surface area contributed by atoms with Crippen molar-refractivity contribution in [3.63, 3.8) is 0 Å². The summed E-state index contributed by atoms with van der Waals surface area (Å²) in [7, 11) is 0. The number of halogens is 1. The van der Waals surface area contributed by atoms with Crippen molar-refractivity contribution in [2.24, 2.45) is 5.10 Å². The van der Waals surface area contributed by atoms with Crippen molar-refractivity contribution in [3.05, 3.63) is 65.5 Å². The molecule has 0 radical (unpaired) electrons. The van der Waals surface area contributed by atoms with Crippen LogP contribution in [-0.2, 0) is 0 Å². The van der Waals surface area contributed by atoms with Crippen molar-refractivity contribution in [2.75, 3.05) is 5.32 Å². The lowest BCUT2D eigenvalue weighted by molar-refractivity contribution is 0.628. The summed E-state index contributed by atoms with van der Waals surface area (Å²) in [5.74, 6) is -0.293. The molecule has 21 heavy (non-hydrogen) atoms. The van der Waals surface area contributed by atoms with Gasteiger partial charge in [0.2, 0.25) is 0 Å². The zero-order valence-electron chi connectivity index (χ0n) is 10.9. The second-order valence-corrected chi connectivity index (χ2v) is 4.47. The first-order chi connectivity index (χ1) is 10.2. The molecule has 0 amide bonds. The topological polar surface area (TPSA) is 60.2 Å². The third-order valence-corrected chi connectivity index (χ3v) is 2.71. The number of nitriles is 1. The van der Waals surface area contributed by atoms with Gasteiger partial charge in [-0.15, -0.1) is 0 Å². The first-order valence-corrected chi connectivity index (χ1v) is 6.44. The molecule has 0 spiro atoms. The Labute approximate surface area is 126 Å². The molecule has 0 saturated heterocycles. The van der Waals surface area contributed by atoms with Gasteiger partial charge >= 0.3 is 0 Å². The van der Waals surface area contributed by atoms with Crippen LogP contribution in [0.2, 0.25) is 0 Å². The normalized spacial score (nSPS) is 10.1. The fraction of sp³-hybridized carbons (Fsp3) is 0. The fourth-order valence-electron chi connectivity index (χ4n) is 1.50. The number of nitrogens with zero attached hydrogens (tertiary/aromatic N) is 2. The van der Waals surface area contributed by atoms with Gasteiger partial charge in [-0.05, 0) is 54.2 Å². The third-order valence-electron chi connectivity index (χ3n) is 2.52. The van der Waals surface area contributed by atoms with E-state index in [9.17, 15) is 4.39 Å². The predicted octanol–water partition coefficient (Wildman–Crippen LogP) is 3.02. The molecule has 0 saturated carbocycles. The molecule has 0 aliphatic carbocycles. The van der Waals surface area contributed by atoms with E-state index in [4.69, 9.17) is 17.5 Å². The van der Waals surface area contributed by atoms with E-state index in [-0.39, 0.29) is 5.82 Å². The number of anilines is 1. The van der Waals surface area contributed by atoms with Crippen molar-refractivity contribution in [2.45, 2.75) is 0 Å². The molecule has 104 valence electrons. The fourth-order valence-corrected chi connectivity index (χ4v) is 1.67. The molecule has 4 nitrogen and oxygen atoms in total. The average molecular weight is 298 g/mol. The van der Waals surface area contributed by atoms with Gasteiger partial charge in [-0.2, -0.15) is 10.4 Å². The van der Waals surface area contributed by atoms with E-state index in [0.29, 0.717) is 10.7 Å². The molecular weight excluding hydrogens is 287 g/mol. The minimum absolute atomic E-state index is 0.293. The largest absolute Gasteiger partial charge is 0.331 e. The first kappa shape index (κ1) is 14.6. The van der Waals surface area contributed by atoms with Crippen molar-refractivity contribution in [1.82, 2.24) is 5.43 Å². The quantitative estimate of drug-likeness (QED) is 0.519. The van der Waals surface area contributed by atoms with E-state index in [1.54, 1.807) is 36.4 Å². The Hall–Kier alpha value is -2.78. The van der Waals surface area contributed by atoms with Gasteiger partial charge in [0.25, 0.3) is 0 Å². The molecule has 0 atom stereocenters. The highest BCUT2D eigenvalue weighted by atomic mass is 32.1. The average Bonchev–Trinajstić information content (AvgIpc) is 2.50. The van der Waals surface area contributed by atoms with E-state index < -0.39 is 0 Å². The number of thiocarbonyl (C=S) groups is 1. The molecule has 6 heteroatoms. The number of hydrazone groups is 1. The van der Waals surface area contributed by atoms with Gasteiger partial charge in [-0.3, -0.25) is 5.43 Å². The number of nitrogens with one attached hydrogen (secondary N) is 2. The Kier molecular flexibility index (Phi) is 4.96. The molecule has 0 fully saturated rings. The van der Waals surface area contributed by atoms with Crippen LogP contribution in [0.25, 0.3) is 0 Å². The van der Waals surface area contributed by atoms with Crippen LogP contribution in [0.1, 0.15) is 11.1 Å². The number of hydrogen-bond acceptors (Lipinski definition) is 3. The molecule has 0 bridgehead atoms. The third kappa shape index (κ3) is 4.67. The maximum absolute atomic E-state index is 12.7. The maximum atomic E-state index is 12.7. The number of benzene rings is 2. The highest BCUT2D eigenvalue weighted by Crippen LogP contribution is 2.08. The summed E-state index contributed by atoms with van der Waals surface area (Å²) >= 11 is 5.07. The smallest absolute Gasteiger partial charge is 0.191 e. The van der Waals surface area contributed by atoms with Gasteiger partial charge in [0.05, 0.1) is 17.8 Å². The SMILES string of the molecule is N#Cc1ccc(NC(=S)NN=Cc2ccc(F)cc2)cc1. The van der Waals surface area contributed by atoms with Crippen LogP contribution >= 0.6 is 12.2 Å². The predicted molar refractivity (Wildman–Crippen MR) is 84.5 cm³/mol. The van der Waals surface area contributed by atoms with Crippen LogP contribution in [-0.4, -0.2) is 11.3 Å². The van der Waals surface area contributed by atoms with Crippen LogP contribution in [0.5, 0.6) is 0 Å². The van der Waals surface area contributed by atoms with Crippen LogP contribution in [0.4, 0.5) is 10.1 Å². The Balaban J connectivity index is 1.86. The van der Waals surface area contributed by atoms with Crippen LogP contribution in [0.3, 0.4) is 0 Å². The van der Waals surface area contributed by atoms with Crippen LogP contribution < -0.4 is 10.7 Å². The Morgan fingerprint density at radius 2 is 1.81 bits per heavy atom. The lowest BCUT2D eigenvalue weighted by Gasteiger charge is -2.06. The molecule has 2 rings (SSSR count). The molecular formula is C15H11FN4S. The summed E-state index contributed by atoms with van der Waals surface area (Å²) in [6.07, 6.45) is 1.53. The van der Waals surface area contributed by atoms with Crippen molar-refractivity contribution < 1.29 is 4.39 Å². The first-order valence-electron chi connectivity index (χ1n) is 6.03. The molecule has 0 aliphatic heterocycles. The zero-order valence-corrected chi connectivity index (χ0v) is 11.7. The standard InChI is InChI=1S/C15H11FN4S/c16-13-5-1-12(2-6-13)10-18-20-15(21)19-14-7-3-11(9-17)4-8-14/h1-8,10H,(H2,19,20,21). The molecule has 0 aliphatic rings. The van der Waals surface area contributed by atoms with E-state index >= 15 is 0 Å². The minimum atomic E-state index is -0.293. The van der Waals surface area contributed by atoms with Gasteiger partial charge < -0.3 is 5.32 Å². The monoisotopic (exact) mass is 298 g/mol. The second kappa shape index (κ2) is 7.12. The van der Waals surface area contributed by atoms with Crippen molar-refractivity contribution in [1.29, 1.82) is 5.26 Å². The second-order valence-electron chi connectivity index (χ2n) is 4.06. The molecule has 0 unspecified atom stereocenters. The Morgan fingerprint density at radius 1 is 1.14 bits per heavy atom. The molecule has 2 aromatic rings. The molecule has 0 aromatic heterocycles. The van der Waals surface area contributed by atoms with E-state index in [1.165, 1.54) is 18.3 Å². The lowest BCUT2D eigenvalue weighted by Crippen LogP contribution is -2.23. The van der Waals surface area contributed by atoms with Gasteiger partial charge in [0, 0.05) is 5.69 Å². The lowest BCUT2D eigenvalue weighted by atomic mass is 10.2. The summed E-state index contributed by atoms with van der Waals surface area (Å²) in [5, 5.41) is 15.9. The summed E-state index contributed by atoms with van der Waals surface area (Å²) in [5.41, 5.74) is 4.74. The highest BCUT2D eigenvalue weighted by molar-refractivity contribution is 7.80. The summed E-state index contributed by atoms with van der Waals surface area (Å²) in [6, 6.07) is 14.8. The molecule has 2 aromatic carbocycles. The van der Waals surface area contributed by atoms with Crippen LogP contribution in [0, 0.1) is 17.1 Å². The van der Waals surface area contributed by atoms with Crippen molar-refractivity contribution in [3.8, 4) is 6.07 Å². The summed E-state index contributed by atoms with van der Waals surface area (Å²) in [4.78, 5) is 0. The number of rotatable bonds is 3. The Morgan fingerprint density at radius 3 is 2.43 bits per heavy atom. The van der Waals surface area contributed by atoms with E-state index in [2.05, 4.69) is 15.8 Å². The maximum Gasteiger partial charge on any atom is 0.191 e. The molecule has 0 heterocycles. The van der Waals surface area contributed by atoms with Gasteiger partial charge in [-0.25, -0.2) is 4.39 Å². The van der Waals surface area contributed by atoms with Gasteiger partial charge in [0.1, 0.15) is 5.82 Å². The van der Waals surface area contributed by atoms with Gasteiger partial charge in [-0.1, -0.05) is 12.1 Å². The van der Waals surface area contributed by atoms with Crippen LogP contribution in [0.15, 0.2) is 53.6 Å². The minimum Gasteiger partial charge on any atom is -0.331 e. The van der Waals surface area contributed by atoms with E-state index in [1.807, 2.05) is 6.07 Å². The number of hydrogen-bond donors (Lipinski definition) is 2. The van der Waals surface area contributed by atoms with Gasteiger partial charge in [0.15, 0.2) is 5.11 Å². The molecule has 2 N–H and O–H groups in total. The highest BCUT2D eigenvalue weighted by Gasteiger charge is 1.96.